The summed E-state index contributed by atoms with van der Waals surface area (Å²) in [5.41, 5.74) is 0.837. The Morgan fingerprint density at radius 1 is 1.50 bits per heavy atom. The molecule has 1 aliphatic heterocycles. The second-order valence-corrected chi connectivity index (χ2v) is 4.77. The number of hydrogen-bond acceptors (Lipinski definition) is 5. The fourth-order valence-electron chi connectivity index (χ4n) is 2.23. The highest BCUT2D eigenvalue weighted by atomic mass is 16.5. The van der Waals surface area contributed by atoms with Gasteiger partial charge in [-0.1, -0.05) is 5.16 Å². The van der Waals surface area contributed by atoms with Crippen molar-refractivity contribution in [3.8, 4) is 0 Å². The number of nitrogens with zero attached hydrogens (tertiary/aromatic N) is 1. The summed E-state index contributed by atoms with van der Waals surface area (Å²) >= 11 is 0. The Kier molecular flexibility index (Phi) is 5.64. The van der Waals surface area contributed by atoms with Crippen LogP contribution in [0.3, 0.4) is 0 Å². The van der Waals surface area contributed by atoms with Crippen LogP contribution in [0, 0.1) is 5.92 Å². The first-order valence-electron chi connectivity index (χ1n) is 6.60. The molecule has 18 heavy (non-hydrogen) atoms. The zero-order valence-electron chi connectivity index (χ0n) is 11.0. The molecule has 0 radical (unpaired) electrons. The summed E-state index contributed by atoms with van der Waals surface area (Å²) in [4.78, 5) is 0. The van der Waals surface area contributed by atoms with E-state index in [1.807, 2.05) is 6.07 Å². The van der Waals surface area contributed by atoms with Crippen LogP contribution < -0.4 is 5.32 Å². The van der Waals surface area contributed by atoms with Gasteiger partial charge in [-0.3, -0.25) is 0 Å². The van der Waals surface area contributed by atoms with Gasteiger partial charge in [0.25, 0.3) is 0 Å². The van der Waals surface area contributed by atoms with Crippen LogP contribution in [0.1, 0.15) is 30.7 Å². The highest BCUT2D eigenvalue weighted by molar-refractivity contribution is 5.03. The second-order valence-electron chi connectivity index (χ2n) is 4.77. The molecule has 1 aromatic heterocycles. The predicted octanol–water partition coefficient (Wildman–Crippen LogP) is 1.73. The van der Waals surface area contributed by atoms with Gasteiger partial charge in [0.05, 0.1) is 6.61 Å². The maximum absolute atomic E-state index is 5.62. The Bertz CT molecular complexity index is 335. The molecular formula is C13H22N2O3. The summed E-state index contributed by atoms with van der Waals surface area (Å²) < 4.78 is 15.7. The lowest BCUT2D eigenvalue weighted by atomic mass is 9.97. The van der Waals surface area contributed by atoms with Gasteiger partial charge in [-0.15, -0.1) is 0 Å². The predicted molar refractivity (Wildman–Crippen MR) is 67.1 cm³/mol. The maximum Gasteiger partial charge on any atom is 0.162 e. The van der Waals surface area contributed by atoms with E-state index < -0.39 is 0 Å². The first-order valence-corrected chi connectivity index (χ1v) is 6.60. The zero-order valence-corrected chi connectivity index (χ0v) is 11.0. The Labute approximate surface area is 108 Å². The summed E-state index contributed by atoms with van der Waals surface area (Å²) in [6, 6.07) is 1.88. The minimum atomic E-state index is 0.459. The summed E-state index contributed by atoms with van der Waals surface area (Å²) in [7, 11) is 1.64. The molecule has 2 heterocycles. The third kappa shape index (κ3) is 4.40. The Morgan fingerprint density at radius 2 is 2.44 bits per heavy atom. The van der Waals surface area contributed by atoms with Crippen LogP contribution in [0.15, 0.2) is 10.6 Å². The zero-order chi connectivity index (χ0) is 12.6. The summed E-state index contributed by atoms with van der Waals surface area (Å²) in [5, 5.41) is 7.34. The highest BCUT2D eigenvalue weighted by Gasteiger charge is 2.12. The molecule has 0 aromatic carbocycles. The minimum Gasteiger partial charge on any atom is -0.377 e. The van der Waals surface area contributed by atoms with Crippen molar-refractivity contribution in [2.45, 2.75) is 32.5 Å². The van der Waals surface area contributed by atoms with E-state index >= 15 is 0 Å². The average Bonchev–Trinajstić information content (AvgIpc) is 2.84. The molecule has 0 amide bonds. The van der Waals surface area contributed by atoms with E-state index in [0.717, 1.165) is 36.9 Å². The molecule has 1 aliphatic rings. The van der Waals surface area contributed by atoms with E-state index in [1.54, 1.807) is 7.11 Å². The van der Waals surface area contributed by atoms with Crippen molar-refractivity contribution in [1.29, 1.82) is 0 Å². The summed E-state index contributed by atoms with van der Waals surface area (Å²) in [6.45, 7) is 4.07. The molecule has 0 spiro atoms. The third-order valence-electron chi connectivity index (χ3n) is 3.21. The largest absolute Gasteiger partial charge is 0.377 e. The second kappa shape index (κ2) is 7.51. The molecule has 1 fully saturated rings. The van der Waals surface area contributed by atoms with Crippen molar-refractivity contribution in [2.24, 2.45) is 5.92 Å². The van der Waals surface area contributed by atoms with E-state index in [4.69, 9.17) is 14.0 Å². The van der Waals surface area contributed by atoms with Gasteiger partial charge in [0.15, 0.2) is 5.76 Å². The van der Waals surface area contributed by atoms with Gasteiger partial charge in [0.2, 0.25) is 0 Å². The highest BCUT2D eigenvalue weighted by Crippen LogP contribution is 2.14. The van der Waals surface area contributed by atoms with E-state index in [1.165, 1.54) is 19.4 Å². The Balaban J connectivity index is 1.59. The van der Waals surface area contributed by atoms with Gasteiger partial charge in [-0.25, -0.2) is 0 Å². The topological polar surface area (TPSA) is 56.5 Å². The Hall–Kier alpha value is -0.910. The van der Waals surface area contributed by atoms with Crippen LogP contribution in [-0.4, -0.2) is 32.0 Å². The van der Waals surface area contributed by atoms with Gasteiger partial charge in [-0.2, -0.15) is 0 Å². The molecule has 1 atom stereocenters. The van der Waals surface area contributed by atoms with Crippen LogP contribution in [-0.2, 0) is 22.7 Å². The lowest BCUT2D eigenvalue weighted by Crippen LogP contribution is -2.30. The van der Waals surface area contributed by atoms with Crippen molar-refractivity contribution in [3.05, 3.63) is 17.5 Å². The fraction of sp³-hybridized carbons (Fsp3) is 0.769. The summed E-state index contributed by atoms with van der Waals surface area (Å²) in [6.07, 6.45) is 3.72. The molecule has 5 heteroatoms. The molecule has 1 unspecified atom stereocenters. The van der Waals surface area contributed by atoms with Crippen molar-refractivity contribution >= 4 is 0 Å². The van der Waals surface area contributed by atoms with E-state index in [-0.39, 0.29) is 0 Å². The normalized spacial score (nSPS) is 20.2. The molecule has 5 nitrogen and oxygen atoms in total. The Morgan fingerprint density at radius 3 is 3.22 bits per heavy atom. The van der Waals surface area contributed by atoms with Crippen molar-refractivity contribution < 1.29 is 14.0 Å². The van der Waals surface area contributed by atoms with Crippen molar-refractivity contribution in [2.75, 3.05) is 26.8 Å². The van der Waals surface area contributed by atoms with E-state index in [9.17, 15) is 0 Å². The first-order chi connectivity index (χ1) is 8.88. The molecule has 0 bridgehead atoms. The number of methoxy groups -OCH3 is 1. The van der Waals surface area contributed by atoms with Gasteiger partial charge in [0, 0.05) is 19.8 Å². The van der Waals surface area contributed by atoms with Crippen molar-refractivity contribution in [3.63, 3.8) is 0 Å². The van der Waals surface area contributed by atoms with E-state index in [2.05, 4.69) is 10.5 Å². The standard InChI is InChI=1S/C13H22N2O3/c1-16-10-13-7-12(15-18-13)9-17-6-4-11-3-2-5-14-8-11/h7,11,14H,2-6,8-10H2,1H3. The van der Waals surface area contributed by atoms with Crippen LogP contribution in [0.5, 0.6) is 0 Å². The number of aromatic nitrogens is 1. The van der Waals surface area contributed by atoms with E-state index in [0.29, 0.717) is 13.2 Å². The monoisotopic (exact) mass is 254 g/mol. The van der Waals surface area contributed by atoms with Crippen LogP contribution in [0.4, 0.5) is 0 Å². The van der Waals surface area contributed by atoms with Crippen molar-refractivity contribution in [1.82, 2.24) is 10.5 Å². The molecule has 1 N–H and O–H groups in total. The lowest BCUT2D eigenvalue weighted by molar-refractivity contribution is 0.0987. The number of nitrogens with one attached hydrogen (secondary N) is 1. The number of rotatable bonds is 7. The SMILES string of the molecule is COCc1cc(COCCC2CCCNC2)no1. The number of piperidine rings is 1. The van der Waals surface area contributed by atoms with Gasteiger partial charge < -0.3 is 19.3 Å². The first kappa shape index (κ1) is 13.5. The molecule has 1 aromatic rings. The quantitative estimate of drug-likeness (QED) is 0.751. The van der Waals surface area contributed by atoms with Crippen LogP contribution in [0.25, 0.3) is 0 Å². The van der Waals surface area contributed by atoms with Gasteiger partial charge >= 0.3 is 0 Å². The van der Waals surface area contributed by atoms with Gasteiger partial charge in [-0.05, 0) is 38.3 Å². The maximum atomic E-state index is 5.62. The third-order valence-corrected chi connectivity index (χ3v) is 3.21. The lowest BCUT2D eigenvalue weighted by Gasteiger charge is -2.22. The fourth-order valence-corrected chi connectivity index (χ4v) is 2.23. The molecule has 1 saturated heterocycles. The number of hydrogen-bond donors (Lipinski definition) is 1. The smallest absolute Gasteiger partial charge is 0.162 e. The molecule has 2 rings (SSSR count). The molecular weight excluding hydrogens is 232 g/mol. The summed E-state index contributed by atoms with van der Waals surface area (Å²) in [5.74, 6) is 1.51. The van der Waals surface area contributed by atoms with Crippen LogP contribution >= 0.6 is 0 Å². The minimum absolute atomic E-state index is 0.459. The number of ether oxygens (including phenoxy) is 2. The van der Waals surface area contributed by atoms with Gasteiger partial charge in [0.1, 0.15) is 12.3 Å². The molecule has 0 aliphatic carbocycles. The molecule has 102 valence electrons. The van der Waals surface area contributed by atoms with Crippen LogP contribution in [0.2, 0.25) is 0 Å². The molecule has 0 saturated carbocycles. The average molecular weight is 254 g/mol.